The molecule has 0 atom stereocenters. The van der Waals surface area contributed by atoms with Crippen molar-refractivity contribution in [3.8, 4) is 0 Å². The molecule has 1 N–H and O–H groups in total. The number of carbonyl (C=O) groups excluding carboxylic acids is 1. The number of aromatic nitrogens is 1. The van der Waals surface area contributed by atoms with E-state index in [1.807, 2.05) is 19.1 Å². The molecule has 3 rings (SSSR count). The predicted octanol–water partition coefficient (Wildman–Crippen LogP) is 3.81. The van der Waals surface area contributed by atoms with Gasteiger partial charge in [-0.2, -0.15) is 0 Å². The Morgan fingerprint density at radius 2 is 2.24 bits per heavy atom. The standard InChI is InChI=1S/C19H26N4O2/c1-4-5-9-23-10-8-15-6-7-16(12-18(15)23)20-19(24)22(3)13-17-11-14(2)25-21-17/h6-7,11-12H,4-5,8-10,13H2,1-3H3,(H,20,24). The Kier molecular flexibility index (Phi) is 5.26. The summed E-state index contributed by atoms with van der Waals surface area (Å²) in [5.41, 5.74) is 4.19. The molecule has 0 bridgehead atoms. The van der Waals surface area contributed by atoms with Crippen molar-refractivity contribution in [3.63, 3.8) is 0 Å². The van der Waals surface area contributed by atoms with E-state index in [0.29, 0.717) is 6.54 Å². The number of aryl methyl sites for hydroxylation is 1. The average molecular weight is 342 g/mol. The van der Waals surface area contributed by atoms with Crippen molar-refractivity contribution in [1.82, 2.24) is 10.1 Å². The first-order valence-corrected chi connectivity index (χ1v) is 8.89. The monoisotopic (exact) mass is 342 g/mol. The molecule has 1 aromatic carbocycles. The van der Waals surface area contributed by atoms with Crippen molar-refractivity contribution in [3.05, 3.63) is 41.3 Å². The van der Waals surface area contributed by atoms with E-state index in [0.717, 1.165) is 36.7 Å². The van der Waals surface area contributed by atoms with Crippen LogP contribution in [0.3, 0.4) is 0 Å². The minimum Gasteiger partial charge on any atom is -0.371 e. The number of fused-ring (bicyclic) bond motifs is 1. The van der Waals surface area contributed by atoms with E-state index < -0.39 is 0 Å². The van der Waals surface area contributed by atoms with Gasteiger partial charge in [0.15, 0.2) is 0 Å². The molecule has 1 aromatic heterocycles. The summed E-state index contributed by atoms with van der Waals surface area (Å²) >= 11 is 0. The fraction of sp³-hybridized carbons (Fsp3) is 0.474. The first-order chi connectivity index (χ1) is 12.1. The largest absolute Gasteiger partial charge is 0.371 e. The van der Waals surface area contributed by atoms with Crippen molar-refractivity contribution in [2.24, 2.45) is 0 Å². The third-order valence-corrected chi connectivity index (χ3v) is 4.53. The lowest BCUT2D eigenvalue weighted by molar-refractivity contribution is 0.219. The number of unbranched alkanes of at least 4 members (excludes halogenated alkanes) is 1. The third kappa shape index (κ3) is 4.13. The number of anilines is 2. The van der Waals surface area contributed by atoms with Gasteiger partial charge in [-0.3, -0.25) is 0 Å². The van der Waals surface area contributed by atoms with Crippen LogP contribution in [0.15, 0.2) is 28.8 Å². The van der Waals surface area contributed by atoms with Crippen LogP contribution in [0.4, 0.5) is 16.2 Å². The van der Waals surface area contributed by atoms with Crippen LogP contribution in [0, 0.1) is 6.92 Å². The van der Waals surface area contributed by atoms with Crippen LogP contribution in [0.25, 0.3) is 0 Å². The van der Waals surface area contributed by atoms with Crippen LogP contribution in [-0.2, 0) is 13.0 Å². The lowest BCUT2D eigenvalue weighted by Crippen LogP contribution is -2.31. The van der Waals surface area contributed by atoms with Crippen molar-refractivity contribution in [1.29, 1.82) is 0 Å². The van der Waals surface area contributed by atoms with E-state index >= 15 is 0 Å². The Balaban J connectivity index is 1.63. The highest BCUT2D eigenvalue weighted by molar-refractivity contribution is 5.90. The number of rotatable bonds is 6. The SMILES string of the molecule is CCCCN1CCc2ccc(NC(=O)N(C)Cc3cc(C)on3)cc21. The Morgan fingerprint density at radius 1 is 1.40 bits per heavy atom. The highest BCUT2D eigenvalue weighted by Crippen LogP contribution is 2.31. The molecular weight excluding hydrogens is 316 g/mol. The summed E-state index contributed by atoms with van der Waals surface area (Å²) in [5, 5.41) is 6.90. The van der Waals surface area contributed by atoms with Crippen molar-refractivity contribution in [2.75, 3.05) is 30.4 Å². The minimum absolute atomic E-state index is 0.154. The smallest absolute Gasteiger partial charge is 0.321 e. The lowest BCUT2D eigenvalue weighted by Gasteiger charge is -2.21. The summed E-state index contributed by atoms with van der Waals surface area (Å²) in [6, 6.07) is 7.87. The molecule has 0 aliphatic carbocycles. The Labute approximate surface area is 148 Å². The topological polar surface area (TPSA) is 61.6 Å². The van der Waals surface area contributed by atoms with Gasteiger partial charge >= 0.3 is 6.03 Å². The van der Waals surface area contributed by atoms with Gasteiger partial charge in [-0.05, 0) is 37.5 Å². The molecule has 2 aromatic rings. The van der Waals surface area contributed by atoms with E-state index in [4.69, 9.17) is 4.52 Å². The van der Waals surface area contributed by atoms with E-state index in [9.17, 15) is 4.79 Å². The Bertz CT molecular complexity index is 741. The Hall–Kier alpha value is -2.50. The van der Waals surface area contributed by atoms with Gasteiger partial charge in [0.25, 0.3) is 0 Å². The van der Waals surface area contributed by atoms with Gasteiger partial charge in [-0.1, -0.05) is 24.6 Å². The summed E-state index contributed by atoms with van der Waals surface area (Å²) in [4.78, 5) is 16.4. The number of nitrogens with one attached hydrogen (secondary N) is 1. The molecule has 6 nitrogen and oxygen atoms in total. The van der Waals surface area contributed by atoms with Gasteiger partial charge in [0, 0.05) is 37.6 Å². The van der Waals surface area contributed by atoms with Crippen LogP contribution in [0.5, 0.6) is 0 Å². The number of carbonyl (C=O) groups is 1. The molecule has 0 radical (unpaired) electrons. The summed E-state index contributed by atoms with van der Waals surface area (Å²) in [6.07, 6.45) is 3.46. The average Bonchev–Trinajstić information content (AvgIpc) is 3.18. The van der Waals surface area contributed by atoms with Gasteiger partial charge < -0.3 is 19.6 Å². The molecule has 0 fully saturated rings. The summed E-state index contributed by atoms with van der Waals surface area (Å²) in [6.45, 7) is 6.60. The second-order valence-electron chi connectivity index (χ2n) is 6.65. The van der Waals surface area contributed by atoms with Gasteiger partial charge in [0.1, 0.15) is 11.5 Å². The van der Waals surface area contributed by atoms with Crippen molar-refractivity contribution < 1.29 is 9.32 Å². The van der Waals surface area contributed by atoms with Crippen LogP contribution in [0.1, 0.15) is 36.8 Å². The quantitative estimate of drug-likeness (QED) is 0.867. The number of benzene rings is 1. The highest BCUT2D eigenvalue weighted by atomic mass is 16.5. The second-order valence-corrected chi connectivity index (χ2v) is 6.65. The Morgan fingerprint density at radius 3 is 2.96 bits per heavy atom. The zero-order valence-electron chi connectivity index (χ0n) is 15.2. The fourth-order valence-corrected chi connectivity index (χ4v) is 3.13. The lowest BCUT2D eigenvalue weighted by atomic mass is 10.1. The zero-order chi connectivity index (χ0) is 17.8. The van der Waals surface area contributed by atoms with Crippen LogP contribution in [0.2, 0.25) is 0 Å². The van der Waals surface area contributed by atoms with Crippen molar-refractivity contribution >= 4 is 17.4 Å². The van der Waals surface area contributed by atoms with Gasteiger partial charge in [-0.25, -0.2) is 4.79 Å². The zero-order valence-corrected chi connectivity index (χ0v) is 15.2. The molecule has 0 spiro atoms. The number of nitrogens with zero attached hydrogens (tertiary/aromatic N) is 3. The molecule has 6 heteroatoms. The van der Waals surface area contributed by atoms with Gasteiger partial charge in [-0.15, -0.1) is 0 Å². The van der Waals surface area contributed by atoms with Crippen LogP contribution in [-0.4, -0.2) is 36.2 Å². The molecule has 2 heterocycles. The normalized spacial score (nSPS) is 13.0. The summed E-state index contributed by atoms with van der Waals surface area (Å²) < 4.78 is 5.04. The molecule has 25 heavy (non-hydrogen) atoms. The maximum atomic E-state index is 12.4. The summed E-state index contributed by atoms with van der Waals surface area (Å²) in [7, 11) is 1.75. The second kappa shape index (κ2) is 7.59. The highest BCUT2D eigenvalue weighted by Gasteiger charge is 2.19. The number of urea groups is 1. The third-order valence-electron chi connectivity index (χ3n) is 4.53. The van der Waals surface area contributed by atoms with E-state index in [2.05, 4.69) is 34.4 Å². The first kappa shape index (κ1) is 17.3. The molecule has 0 saturated heterocycles. The molecular formula is C19H26N4O2. The van der Waals surface area contributed by atoms with Gasteiger partial charge in [0.05, 0.1) is 6.54 Å². The maximum absolute atomic E-state index is 12.4. The molecule has 0 unspecified atom stereocenters. The number of hydrogen-bond acceptors (Lipinski definition) is 4. The van der Waals surface area contributed by atoms with Crippen LogP contribution >= 0.6 is 0 Å². The van der Waals surface area contributed by atoms with Gasteiger partial charge in [0.2, 0.25) is 0 Å². The van der Waals surface area contributed by atoms with E-state index in [1.165, 1.54) is 24.1 Å². The first-order valence-electron chi connectivity index (χ1n) is 8.89. The summed E-state index contributed by atoms with van der Waals surface area (Å²) in [5.74, 6) is 0.745. The van der Waals surface area contributed by atoms with E-state index in [-0.39, 0.29) is 6.03 Å². The minimum atomic E-state index is -0.154. The molecule has 2 amide bonds. The van der Waals surface area contributed by atoms with Crippen molar-refractivity contribution in [2.45, 2.75) is 39.7 Å². The molecule has 0 saturated carbocycles. The van der Waals surface area contributed by atoms with Crippen LogP contribution < -0.4 is 10.2 Å². The molecule has 1 aliphatic heterocycles. The number of hydrogen-bond donors (Lipinski definition) is 1. The molecule has 134 valence electrons. The predicted molar refractivity (Wildman–Crippen MR) is 99.0 cm³/mol. The number of amides is 2. The fourth-order valence-electron chi connectivity index (χ4n) is 3.13. The maximum Gasteiger partial charge on any atom is 0.321 e. The molecule has 1 aliphatic rings. The van der Waals surface area contributed by atoms with E-state index in [1.54, 1.807) is 11.9 Å².